The topological polar surface area (TPSA) is 94.8 Å². The van der Waals surface area contributed by atoms with E-state index in [-0.39, 0.29) is 40.7 Å². The zero-order chi connectivity index (χ0) is 39.9. The highest BCUT2D eigenvalue weighted by molar-refractivity contribution is 7.13. The van der Waals surface area contributed by atoms with Crippen LogP contribution >= 0.6 is 11.3 Å². The summed E-state index contributed by atoms with van der Waals surface area (Å²) in [5.74, 6) is -1.54. The van der Waals surface area contributed by atoms with Gasteiger partial charge < -0.3 is 14.6 Å². The highest BCUT2D eigenvalue weighted by Crippen LogP contribution is 2.48. The van der Waals surface area contributed by atoms with Crippen LogP contribution in [0.15, 0.2) is 151 Å². The summed E-state index contributed by atoms with van der Waals surface area (Å²) in [6, 6.07) is 42.4. The summed E-state index contributed by atoms with van der Waals surface area (Å²) in [4.78, 5) is 33.5. The minimum atomic E-state index is -1.03. The molecule has 2 bridgehead atoms. The Bertz CT molecular complexity index is 2650. The van der Waals surface area contributed by atoms with Crippen molar-refractivity contribution in [3.63, 3.8) is 0 Å². The van der Waals surface area contributed by atoms with Gasteiger partial charge in [-0.15, -0.1) is 11.3 Å². The minimum Gasteiger partial charge on any atom is -0.426 e. The van der Waals surface area contributed by atoms with Gasteiger partial charge in [-0.25, -0.2) is 24.3 Å². The molecule has 4 heterocycles. The molecule has 292 valence electrons. The molecule has 59 heavy (non-hydrogen) atoms. The van der Waals surface area contributed by atoms with Crippen molar-refractivity contribution in [3.05, 3.63) is 180 Å². The lowest BCUT2D eigenvalue weighted by Gasteiger charge is -2.47. The number of benzene rings is 4. The van der Waals surface area contributed by atoms with Gasteiger partial charge in [0.15, 0.2) is 23.1 Å². The molecule has 4 aromatic carbocycles. The van der Waals surface area contributed by atoms with Crippen LogP contribution in [0.1, 0.15) is 42.4 Å². The Morgan fingerprint density at radius 1 is 0.729 bits per heavy atom. The number of thiophene rings is 1. The Hall–Kier alpha value is -6.59. The standard InChI is InChI=1S/C48H38F2N6O2S/c49-38-28-51-46-42(52-38)36(29-56(46)48(32-14-5-1-6-15-32,33-16-7-2-8-17-33)34-18-9-3-10-19-34)44-54-43(37-22-13-27-59-37)40(50)45(55-44)53-41-31-25-23-30(24-26-31)39(41)47(57)58-35-20-11-4-12-21-35/h1-22,27-31,39,41H,23-26H2,(H,53,54,55)/t30?,31?,39-,41-/m0/s1. The van der Waals surface area contributed by atoms with Crippen LogP contribution in [0.25, 0.3) is 33.1 Å². The number of carbonyl (C=O) groups is 1. The molecule has 0 radical (unpaired) electrons. The third kappa shape index (κ3) is 6.46. The fourth-order valence-corrected chi connectivity index (χ4v) is 10.1. The van der Waals surface area contributed by atoms with Gasteiger partial charge in [0.25, 0.3) is 0 Å². The van der Waals surface area contributed by atoms with E-state index in [1.54, 1.807) is 18.2 Å². The van der Waals surface area contributed by atoms with Gasteiger partial charge in [0, 0.05) is 12.2 Å². The Labute approximate surface area is 343 Å². The first-order chi connectivity index (χ1) is 29.0. The number of hydrogen-bond acceptors (Lipinski definition) is 8. The molecule has 3 saturated carbocycles. The number of esters is 1. The highest BCUT2D eigenvalue weighted by atomic mass is 32.1. The summed E-state index contributed by atoms with van der Waals surface area (Å²) in [6.07, 6.45) is 6.55. The van der Waals surface area contributed by atoms with Gasteiger partial charge >= 0.3 is 5.97 Å². The molecule has 1 N–H and O–H groups in total. The van der Waals surface area contributed by atoms with E-state index in [0.717, 1.165) is 48.6 Å². The van der Waals surface area contributed by atoms with Gasteiger partial charge in [0.1, 0.15) is 22.5 Å². The molecule has 3 fully saturated rings. The normalized spacial score (nSPS) is 18.8. The fourth-order valence-electron chi connectivity index (χ4n) is 9.41. The van der Waals surface area contributed by atoms with Crippen molar-refractivity contribution in [2.75, 3.05) is 5.32 Å². The van der Waals surface area contributed by atoms with E-state index in [4.69, 9.17) is 19.7 Å². The summed E-state index contributed by atoms with van der Waals surface area (Å²) < 4.78 is 40.4. The van der Waals surface area contributed by atoms with E-state index >= 15 is 8.78 Å². The predicted octanol–water partition coefficient (Wildman–Crippen LogP) is 10.6. The monoisotopic (exact) mass is 800 g/mol. The molecule has 0 saturated heterocycles. The molecule has 11 rings (SSSR count). The van der Waals surface area contributed by atoms with Crippen LogP contribution in [0.5, 0.6) is 5.75 Å². The van der Waals surface area contributed by atoms with Crippen LogP contribution < -0.4 is 10.1 Å². The molecule has 8 aromatic rings. The molecule has 3 aliphatic rings. The van der Waals surface area contributed by atoms with E-state index in [2.05, 4.69) is 46.7 Å². The lowest BCUT2D eigenvalue weighted by Crippen LogP contribution is -2.52. The number of aromatic nitrogens is 5. The lowest BCUT2D eigenvalue weighted by molar-refractivity contribution is -0.145. The third-order valence-corrected chi connectivity index (χ3v) is 12.9. The van der Waals surface area contributed by atoms with E-state index in [1.165, 1.54) is 11.3 Å². The summed E-state index contributed by atoms with van der Waals surface area (Å²) in [5, 5.41) is 5.31. The molecule has 3 aliphatic carbocycles. The van der Waals surface area contributed by atoms with Gasteiger partial charge in [-0.2, -0.15) is 4.39 Å². The quantitative estimate of drug-likeness (QED) is 0.0836. The third-order valence-electron chi connectivity index (χ3n) is 12.0. The maximum Gasteiger partial charge on any atom is 0.316 e. The number of hydrogen-bond donors (Lipinski definition) is 1. The first kappa shape index (κ1) is 36.7. The number of para-hydroxylation sites is 1. The van der Waals surface area contributed by atoms with Gasteiger partial charge in [0.2, 0.25) is 5.95 Å². The summed E-state index contributed by atoms with van der Waals surface area (Å²) in [5.41, 5.74) is 2.79. The fraction of sp³-hybridized carbons (Fsp3) is 0.188. The molecular formula is C48H38F2N6O2S. The summed E-state index contributed by atoms with van der Waals surface area (Å²) >= 11 is 1.35. The molecule has 8 nitrogen and oxygen atoms in total. The maximum atomic E-state index is 17.1. The maximum absolute atomic E-state index is 17.1. The summed E-state index contributed by atoms with van der Waals surface area (Å²) in [6.45, 7) is 0. The SMILES string of the molecule is O=C(Oc1ccccc1)[C@H]1C2CCC(CC2)[C@@H]1Nc1nc(-c2cn(C(c3ccccc3)(c3ccccc3)c3ccccc3)c3ncc(F)nc23)nc(-c2cccs2)c1F. The average molecular weight is 801 g/mol. The van der Waals surface area contributed by atoms with Crippen LogP contribution in [0.4, 0.5) is 14.6 Å². The van der Waals surface area contributed by atoms with Gasteiger partial charge in [0.05, 0.1) is 22.6 Å². The number of nitrogens with zero attached hydrogens (tertiary/aromatic N) is 5. The largest absolute Gasteiger partial charge is 0.426 e. The molecule has 0 aliphatic heterocycles. The number of fused-ring (bicyclic) bond motifs is 4. The number of rotatable bonds is 10. The van der Waals surface area contributed by atoms with E-state index in [9.17, 15) is 4.79 Å². The van der Waals surface area contributed by atoms with E-state index in [1.807, 2.05) is 95.0 Å². The van der Waals surface area contributed by atoms with Crippen LogP contribution in [0.2, 0.25) is 0 Å². The van der Waals surface area contributed by atoms with Crippen molar-refractivity contribution in [1.82, 2.24) is 24.5 Å². The van der Waals surface area contributed by atoms with Crippen molar-refractivity contribution in [1.29, 1.82) is 0 Å². The average Bonchev–Trinajstić information content (AvgIpc) is 3.96. The van der Waals surface area contributed by atoms with Crippen molar-refractivity contribution < 1.29 is 18.3 Å². The Morgan fingerprint density at radius 3 is 1.92 bits per heavy atom. The van der Waals surface area contributed by atoms with Crippen molar-refractivity contribution >= 4 is 34.3 Å². The lowest BCUT2D eigenvalue weighted by atomic mass is 9.61. The van der Waals surface area contributed by atoms with Crippen molar-refractivity contribution in [2.45, 2.75) is 37.3 Å². The first-order valence-electron chi connectivity index (χ1n) is 19.8. The number of ether oxygens (including phenoxy) is 1. The summed E-state index contributed by atoms with van der Waals surface area (Å²) in [7, 11) is 0. The van der Waals surface area contributed by atoms with Crippen LogP contribution in [-0.4, -0.2) is 36.5 Å². The number of halogens is 2. The van der Waals surface area contributed by atoms with E-state index < -0.39 is 29.3 Å². The van der Waals surface area contributed by atoms with Crippen LogP contribution in [0.3, 0.4) is 0 Å². The second-order valence-corrected chi connectivity index (χ2v) is 16.2. The predicted molar refractivity (Wildman–Crippen MR) is 225 cm³/mol. The van der Waals surface area contributed by atoms with Crippen molar-refractivity contribution in [3.8, 4) is 27.7 Å². The molecule has 2 atom stereocenters. The van der Waals surface area contributed by atoms with Crippen molar-refractivity contribution in [2.24, 2.45) is 17.8 Å². The van der Waals surface area contributed by atoms with Gasteiger partial charge in [-0.3, -0.25) is 4.79 Å². The zero-order valence-corrected chi connectivity index (χ0v) is 32.6. The number of carbonyl (C=O) groups excluding carboxylic acids is 1. The second-order valence-electron chi connectivity index (χ2n) is 15.2. The van der Waals surface area contributed by atoms with Crippen LogP contribution in [0, 0.1) is 29.5 Å². The Kier molecular flexibility index (Phi) is 9.52. The van der Waals surface area contributed by atoms with Gasteiger partial charge in [-0.1, -0.05) is 115 Å². The Morgan fingerprint density at radius 2 is 1.32 bits per heavy atom. The second kappa shape index (κ2) is 15.3. The van der Waals surface area contributed by atoms with E-state index in [0.29, 0.717) is 21.8 Å². The molecule has 0 amide bonds. The molecule has 0 spiro atoms. The number of nitrogens with one attached hydrogen (secondary N) is 1. The van der Waals surface area contributed by atoms with Crippen LogP contribution in [-0.2, 0) is 10.3 Å². The highest BCUT2D eigenvalue weighted by Gasteiger charge is 2.49. The van der Waals surface area contributed by atoms with Gasteiger partial charge in [-0.05, 0) is 77.8 Å². The minimum absolute atomic E-state index is 0.0424. The Balaban J connectivity index is 1.18. The molecule has 4 aromatic heterocycles. The molecule has 11 heteroatoms. The smallest absolute Gasteiger partial charge is 0.316 e. The molecular weight excluding hydrogens is 763 g/mol. The first-order valence-corrected chi connectivity index (χ1v) is 20.7. The number of anilines is 1. The zero-order valence-electron chi connectivity index (χ0n) is 31.8. The molecule has 0 unspecified atom stereocenters.